The number of carbonyl (C=O) groups is 1. The molecule has 0 saturated carbocycles. The Hall–Kier alpha value is -3.30. The standard InChI is InChI=1S/C19H21F3N6O/c1-23-19(28-10-8-27(9-11-28)15-4-2-3-7-24-15)25-12-16(29)26-14-6-5-13(20)17(21)18(14)22/h2-7H,8-12H2,1H3,(H,23,25)(H,26,29). The van der Waals surface area contributed by atoms with Gasteiger partial charge in [0.05, 0.1) is 12.2 Å². The molecule has 0 radical (unpaired) electrons. The maximum Gasteiger partial charge on any atom is 0.243 e. The lowest BCUT2D eigenvalue weighted by molar-refractivity contribution is -0.115. The topological polar surface area (TPSA) is 72.9 Å². The zero-order chi connectivity index (χ0) is 20.8. The van der Waals surface area contributed by atoms with Crippen LogP contribution in [0.25, 0.3) is 0 Å². The van der Waals surface area contributed by atoms with Gasteiger partial charge in [0.2, 0.25) is 5.91 Å². The van der Waals surface area contributed by atoms with E-state index in [-0.39, 0.29) is 6.54 Å². The second-order valence-corrected chi connectivity index (χ2v) is 6.33. The molecule has 154 valence electrons. The summed E-state index contributed by atoms with van der Waals surface area (Å²) in [6.07, 6.45) is 1.75. The lowest BCUT2D eigenvalue weighted by Gasteiger charge is -2.37. The molecule has 1 fully saturated rings. The number of pyridine rings is 1. The van der Waals surface area contributed by atoms with Crippen molar-refractivity contribution in [1.82, 2.24) is 15.2 Å². The molecule has 0 atom stereocenters. The third kappa shape index (κ3) is 4.95. The summed E-state index contributed by atoms with van der Waals surface area (Å²) >= 11 is 0. The van der Waals surface area contributed by atoms with Crippen molar-refractivity contribution in [2.24, 2.45) is 4.99 Å². The molecular formula is C19H21F3N6O. The summed E-state index contributed by atoms with van der Waals surface area (Å²) in [4.78, 5) is 24.7. The molecule has 0 aliphatic carbocycles. The van der Waals surface area contributed by atoms with Crippen molar-refractivity contribution in [1.29, 1.82) is 0 Å². The van der Waals surface area contributed by atoms with Crippen LogP contribution in [0.15, 0.2) is 41.5 Å². The number of hydrogen-bond acceptors (Lipinski definition) is 4. The fourth-order valence-electron chi connectivity index (χ4n) is 3.00. The van der Waals surface area contributed by atoms with Crippen LogP contribution in [0.3, 0.4) is 0 Å². The van der Waals surface area contributed by atoms with Crippen molar-refractivity contribution in [3.05, 3.63) is 54.0 Å². The normalized spacial score (nSPS) is 14.7. The third-order valence-corrected chi connectivity index (χ3v) is 4.48. The first kappa shape index (κ1) is 20.4. The van der Waals surface area contributed by atoms with E-state index in [1.165, 1.54) is 0 Å². The summed E-state index contributed by atoms with van der Waals surface area (Å²) in [7, 11) is 1.60. The van der Waals surface area contributed by atoms with E-state index in [1.807, 2.05) is 23.1 Å². The molecule has 1 aromatic carbocycles. The van der Waals surface area contributed by atoms with E-state index < -0.39 is 29.0 Å². The monoisotopic (exact) mass is 406 g/mol. The molecule has 1 aromatic heterocycles. The maximum atomic E-state index is 13.7. The van der Waals surface area contributed by atoms with Crippen molar-refractivity contribution in [2.45, 2.75) is 0 Å². The molecule has 2 heterocycles. The van der Waals surface area contributed by atoms with Gasteiger partial charge in [0.1, 0.15) is 5.82 Å². The molecule has 0 spiro atoms. The highest BCUT2D eigenvalue weighted by Gasteiger charge is 2.21. The number of carbonyl (C=O) groups excluding carboxylic acids is 1. The van der Waals surface area contributed by atoms with Crippen molar-refractivity contribution < 1.29 is 18.0 Å². The quantitative estimate of drug-likeness (QED) is 0.461. The lowest BCUT2D eigenvalue weighted by atomic mass is 10.2. The molecular weight excluding hydrogens is 385 g/mol. The highest BCUT2D eigenvalue weighted by molar-refractivity contribution is 5.95. The summed E-state index contributed by atoms with van der Waals surface area (Å²) in [6.45, 7) is 2.63. The average Bonchev–Trinajstić information content (AvgIpc) is 2.75. The predicted molar refractivity (Wildman–Crippen MR) is 104 cm³/mol. The first-order valence-corrected chi connectivity index (χ1v) is 9.04. The Morgan fingerprint density at radius 1 is 1.10 bits per heavy atom. The number of guanidine groups is 1. The fraction of sp³-hybridized carbons (Fsp3) is 0.316. The highest BCUT2D eigenvalue weighted by atomic mass is 19.2. The molecule has 29 heavy (non-hydrogen) atoms. The Kier molecular flexibility index (Phi) is 6.53. The number of halogens is 3. The third-order valence-electron chi connectivity index (χ3n) is 4.48. The van der Waals surface area contributed by atoms with E-state index in [4.69, 9.17) is 0 Å². The number of nitrogens with zero attached hydrogens (tertiary/aromatic N) is 4. The number of piperazine rings is 1. The summed E-state index contributed by atoms with van der Waals surface area (Å²) in [5.41, 5.74) is -0.422. The first-order chi connectivity index (χ1) is 14.0. The number of aliphatic imine (C=N–C) groups is 1. The smallest absolute Gasteiger partial charge is 0.243 e. The van der Waals surface area contributed by atoms with Crippen LogP contribution in [-0.4, -0.2) is 61.5 Å². The van der Waals surface area contributed by atoms with Crippen molar-refractivity contribution in [3.8, 4) is 0 Å². The van der Waals surface area contributed by atoms with Crippen LogP contribution in [0.5, 0.6) is 0 Å². The van der Waals surface area contributed by atoms with Gasteiger partial charge in [-0.1, -0.05) is 6.07 Å². The van der Waals surface area contributed by atoms with Gasteiger partial charge in [-0.05, 0) is 24.3 Å². The zero-order valence-corrected chi connectivity index (χ0v) is 15.8. The molecule has 2 aromatic rings. The molecule has 1 amide bonds. The lowest BCUT2D eigenvalue weighted by Crippen LogP contribution is -2.53. The minimum atomic E-state index is -1.63. The minimum Gasteiger partial charge on any atom is -0.353 e. The highest BCUT2D eigenvalue weighted by Crippen LogP contribution is 2.19. The van der Waals surface area contributed by atoms with Crippen LogP contribution < -0.4 is 15.5 Å². The zero-order valence-electron chi connectivity index (χ0n) is 15.8. The molecule has 1 aliphatic heterocycles. The van der Waals surface area contributed by atoms with Gasteiger partial charge in [0, 0.05) is 39.4 Å². The molecule has 10 heteroatoms. The molecule has 0 unspecified atom stereocenters. The summed E-state index contributed by atoms with van der Waals surface area (Å²) in [5, 5.41) is 5.11. The Bertz CT molecular complexity index is 885. The van der Waals surface area contributed by atoms with Gasteiger partial charge in [0.25, 0.3) is 0 Å². The summed E-state index contributed by atoms with van der Waals surface area (Å²) < 4.78 is 39.9. The first-order valence-electron chi connectivity index (χ1n) is 9.04. The Balaban J connectivity index is 1.51. The number of anilines is 2. The van der Waals surface area contributed by atoms with Gasteiger partial charge in [-0.2, -0.15) is 0 Å². The number of hydrogen-bond donors (Lipinski definition) is 2. The van der Waals surface area contributed by atoms with Gasteiger partial charge in [-0.3, -0.25) is 9.79 Å². The van der Waals surface area contributed by atoms with E-state index in [0.717, 1.165) is 31.0 Å². The minimum absolute atomic E-state index is 0.203. The van der Waals surface area contributed by atoms with Gasteiger partial charge >= 0.3 is 0 Å². The predicted octanol–water partition coefficient (Wildman–Crippen LogP) is 1.83. The second kappa shape index (κ2) is 9.26. The van der Waals surface area contributed by atoms with Crippen LogP contribution in [-0.2, 0) is 4.79 Å². The second-order valence-electron chi connectivity index (χ2n) is 6.33. The van der Waals surface area contributed by atoms with Crippen LogP contribution >= 0.6 is 0 Å². The van der Waals surface area contributed by atoms with Gasteiger partial charge in [-0.15, -0.1) is 0 Å². The SMILES string of the molecule is CN=C(NCC(=O)Nc1ccc(F)c(F)c1F)N1CCN(c2ccccn2)CC1. The van der Waals surface area contributed by atoms with E-state index in [9.17, 15) is 18.0 Å². The number of rotatable bonds is 4. The fourth-order valence-corrected chi connectivity index (χ4v) is 3.00. The van der Waals surface area contributed by atoms with E-state index in [2.05, 4.69) is 25.5 Å². The largest absolute Gasteiger partial charge is 0.353 e. The molecule has 3 rings (SSSR count). The number of nitrogens with one attached hydrogen (secondary N) is 2. The summed E-state index contributed by atoms with van der Waals surface area (Å²) in [5.74, 6) is -3.56. The van der Waals surface area contributed by atoms with Gasteiger partial charge in [0.15, 0.2) is 23.4 Å². The number of amides is 1. The van der Waals surface area contributed by atoms with E-state index in [0.29, 0.717) is 19.0 Å². The van der Waals surface area contributed by atoms with Crippen LogP contribution in [0.1, 0.15) is 0 Å². The van der Waals surface area contributed by atoms with Crippen molar-refractivity contribution in [3.63, 3.8) is 0 Å². The number of aromatic nitrogens is 1. The average molecular weight is 406 g/mol. The molecule has 1 saturated heterocycles. The van der Waals surface area contributed by atoms with Crippen LogP contribution in [0.4, 0.5) is 24.7 Å². The Labute approximate surface area is 166 Å². The van der Waals surface area contributed by atoms with Gasteiger partial charge < -0.3 is 20.4 Å². The molecule has 2 N–H and O–H groups in total. The van der Waals surface area contributed by atoms with Crippen molar-refractivity contribution >= 4 is 23.4 Å². The maximum absolute atomic E-state index is 13.7. The van der Waals surface area contributed by atoms with Crippen LogP contribution in [0.2, 0.25) is 0 Å². The molecule has 7 nitrogen and oxygen atoms in total. The van der Waals surface area contributed by atoms with E-state index in [1.54, 1.807) is 13.2 Å². The Morgan fingerprint density at radius 2 is 1.86 bits per heavy atom. The summed E-state index contributed by atoms with van der Waals surface area (Å²) in [6, 6.07) is 7.47. The Morgan fingerprint density at radius 3 is 2.52 bits per heavy atom. The molecule has 0 bridgehead atoms. The van der Waals surface area contributed by atoms with E-state index >= 15 is 0 Å². The van der Waals surface area contributed by atoms with Crippen LogP contribution in [0, 0.1) is 17.5 Å². The number of benzene rings is 1. The van der Waals surface area contributed by atoms with Gasteiger partial charge in [-0.25, -0.2) is 18.2 Å². The molecule has 1 aliphatic rings. The van der Waals surface area contributed by atoms with Crippen molar-refractivity contribution in [2.75, 3.05) is 50.0 Å².